The molecule has 2 aromatic rings. The maximum Gasteiger partial charge on any atom is 0.200 e. The first-order valence-corrected chi connectivity index (χ1v) is 7.33. The van der Waals surface area contributed by atoms with E-state index in [2.05, 4.69) is 0 Å². The van der Waals surface area contributed by atoms with Crippen LogP contribution < -0.4 is 9.47 Å². The summed E-state index contributed by atoms with van der Waals surface area (Å²) in [6.07, 6.45) is 2.55. The molecular formula is C18H17FO3. The molecule has 0 aromatic heterocycles. The van der Waals surface area contributed by atoms with Crippen LogP contribution in [-0.2, 0) is 6.42 Å². The molecule has 2 aromatic carbocycles. The molecule has 1 aliphatic rings. The molecule has 0 saturated heterocycles. The molecule has 1 aliphatic heterocycles. The van der Waals surface area contributed by atoms with Crippen LogP contribution in [0, 0.1) is 5.82 Å². The van der Waals surface area contributed by atoms with Crippen LogP contribution in [0.15, 0.2) is 36.4 Å². The molecule has 1 heterocycles. The molecule has 3 rings (SSSR count). The van der Waals surface area contributed by atoms with E-state index in [-0.39, 0.29) is 11.3 Å². The number of carbonyl (C=O) groups excluding carboxylic acids is 1. The number of halogens is 1. The molecule has 0 N–H and O–H groups in total. The number of benzene rings is 2. The SMILES string of the molecule is COc1ccccc1C(=O)c1cc(F)cc2c1OCCCC2. The zero-order valence-electron chi connectivity index (χ0n) is 12.4. The van der Waals surface area contributed by atoms with Crippen molar-refractivity contribution < 1.29 is 18.7 Å². The van der Waals surface area contributed by atoms with E-state index in [1.54, 1.807) is 24.3 Å². The van der Waals surface area contributed by atoms with Gasteiger partial charge in [-0.3, -0.25) is 4.79 Å². The normalized spacial score (nSPS) is 13.7. The Morgan fingerprint density at radius 1 is 1.18 bits per heavy atom. The number of hydrogen-bond donors (Lipinski definition) is 0. The summed E-state index contributed by atoms with van der Waals surface area (Å²) < 4.78 is 24.9. The zero-order chi connectivity index (χ0) is 15.5. The predicted molar refractivity (Wildman–Crippen MR) is 81.3 cm³/mol. The van der Waals surface area contributed by atoms with Crippen LogP contribution >= 0.6 is 0 Å². The third kappa shape index (κ3) is 2.69. The number of carbonyl (C=O) groups is 1. The van der Waals surface area contributed by atoms with Crippen LogP contribution in [0.2, 0.25) is 0 Å². The number of aryl methyl sites for hydroxylation is 1. The molecule has 0 unspecified atom stereocenters. The van der Waals surface area contributed by atoms with Gasteiger partial charge in [-0.25, -0.2) is 4.39 Å². The highest BCUT2D eigenvalue weighted by Crippen LogP contribution is 2.33. The van der Waals surface area contributed by atoms with Gasteiger partial charge in [-0.2, -0.15) is 0 Å². The molecule has 0 radical (unpaired) electrons. The van der Waals surface area contributed by atoms with Gasteiger partial charge < -0.3 is 9.47 Å². The van der Waals surface area contributed by atoms with Crippen LogP contribution in [0.25, 0.3) is 0 Å². The third-order valence-corrected chi connectivity index (χ3v) is 3.81. The molecule has 0 amide bonds. The van der Waals surface area contributed by atoms with E-state index in [1.807, 2.05) is 0 Å². The van der Waals surface area contributed by atoms with E-state index >= 15 is 0 Å². The van der Waals surface area contributed by atoms with Gasteiger partial charge in [0.1, 0.15) is 17.3 Å². The van der Waals surface area contributed by atoms with Crippen LogP contribution in [0.1, 0.15) is 34.3 Å². The van der Waals surface area contributed by atoms with Crippen molar-refractivity contribution in [3.05, 3.63) is 58.9 Å². The summed E-state index contributed by atoms with van der Waals surface area (Å²) in [4.78, 5) is 12.8. The fraction of sp³-hybridized carbons (Fsp3) is 0.278. The highest BCUT2D eigenvalue weighted by Gasteiger charge is 2.23. The molecule has 114 valence electrons. The summed E-state index contributed by atoms with van der Waals surface area (Å²) in [6, 6.07) is 9.65. The number of hydrogen-bond acceptors (Lipinski definition) is 3. The first-order valence-electron chi connectivity index (χ1n) is 7.33. The van der Waals surface area contributed by atoms with E-state index in [1.165, 1.54) is 19.2 Å². The molecule has 22 heavy (non-hydrogen) atoms. The molecule has 0 fully saturated rings. The van der Waals surface area contributed by atoms with Gasteiger partial charge in [-0.15, -0.1) is 0 Å². The molecule has 0 saturated carbocycles. The van der Waals surface area contributed by atoms with Crippen LogP contribution in [0.3, 0.4) is 0 Å². The molecule has 0 spiro atoms. The quantitative estimate of drug-likeness (QED) is 0.809. The Morgan fingerprint density at radius 2 is 2.00 bits per heavy atom. The second-order valence-corrected chi connectivity index (χ2v) is 5.28. The summed E-state index contributed by atoms with van der Waals surface area (Å²) >= 11 is 0. The Bertz CT molecular complexity index is 709. The van der Waals surface area contributed by atoms with E-state index < -0.39 is 5.82 Å². The van der Waals surface area contributed by atoms with Gasteiger partial charge >= 0.3 is 0 Å². The van der Waals surface area contributed by atoms with Gasteiger partial charge in [-0.05, 0) is 49.1 Å². The van der Waals surface area contributed by atoms with Gasteiger partial charge in [0.05, 0.1) is 24.8 Å². The first kappa shape index (κ1) is 14.6. The first-order chi connectivity index (χ1) is 10.7. The van der Waals surface area contributed by atoms with Gasteiger partial charge in [0.15, 0.2) is 0 Å². The number of rotatable bonds is 3. The average Bonchev–Trinajstić information content (AvgIpc) is 2.78. The number of ketones is 1. The van der Waals surface area contributed by atoms with Crippen LogP contribution in [-0.4, -0.2) is 19.5 Å². The van der Waals surface area contributed by atoms with Crippen molar-refractivity contribution in [3.8, 4) is 11.5 Å². The van der Waals surface area contributed by atoms with Crippen molar-refractivity contribution in [1.29, 1.82) is 0 Å². The third-order valence-electron chi connectivity index (χ3n) is 3.81. The molecule has 0 atom stereocenters. The minimum Gasteiger partial charge on any atom is -0.496 e. The molecule has 0 aliphatic carbocycles. The van der Waals surface area contributed by atoms with Crippen molar-refractivity contribution >= 4 is 5.78 Å². The van der Waals surface area contributed by atoms with Crippen molar-refractivity contribution in [1.82, 2.24) is 0 Å². The van der Waals surface area contributed by atoms with E-state index in [0.717, 1.165) is 24.8 Å². The smallest absolute Gasteiger partial charge is 0.200 e. The maximum atomic E-state index is 13.9. The van der Waals surface area contributed by atoms with E-state index in [4.69, 9.17) is 9.47 Å². The second-order valence-electron chi connectivity index (χ2n) is 5.28. The lowest BCUT2D eigenvalue weighted by atomic mass is 9.97. The van der Waals surface area contributed by atoms with Crippen molar-refractivity contribution in [2.75, 3.05) is 13.7 Å². The Balaban J connectivity index is 2.11. The predicted octanol–water partition coefficient (Wildman–Crippen LogP) is 3.78. The molecule has 3 nitrogen and oxygen atoms in total. The van der Waals surface area contributed by atoms with E-state index in [9.17, 15) is 9.18 Å². The molecular weight excluding hydrogens is 283 g/mol. The Morgan fingerprint density at radius 3 is 2.82 bits per heavy atom. The number of para-hydroxylation sites is 1. The van der Waals surface area contributed by atoms with E-state index in [0.29, 0.717) is 23.7 Å². The maximum absolute atomic E-state index is 13.9. The van der Waals surface area contributed by atoms with Crippen LogP contribution in [0.4, 0.5) is 4.39 Å². The summed E-state index contributed by atoms with van der Waals surface area (Å²) in [5.74, 6) is 0.284. The van der Waals surface area contributed by atoms with Crippen molar-refractivity contribution in [2.24, 2.45) is 0 Å². The second kappa shape index (κ2) is 6.18. The van der Waals surface area contributed by atoms with Crippen molar-refractivity contribution in [3.63, 3.8) is 0 Å². The lowest BCUT2D eigenvalue weighted by Crippen LogP contribution is -2.09. The fourth-order valence-electron chi connectivity index (χ4n) is 2.74. The van der Waals surface area contributed by atoms with Crippen molar-refractivity contribution in [2.45, 2.75) is 19.3 Å². The Hall–Kier alpha value is -2.36. The molecule has 4 heteroatoms. The lowest BCUT2D eigenvalue weighted by molar-refractivity contribution is 0.103. The number of ether oxygens (including phenoxy) is 2. The monoisotopic (exact) mass is 300 g/mol. The highest BCUT2D eigenvalue weighted by atomic mass is 19.1. The van der Waals surface area contributed by atoms with Gasteiger partial charge in [-0.1, -0.05) is 12.1 Å². The zero-order valence-corrected chi connectivity index (χ0v) is 12.4. The summed E-state index contributed by atoms with van der Waals surface area (Å²) in [5.41, 5.74) is 1.43. The van der Waals surface area contributed by atoms with Gasteiger partial charge in [0.25, 0.3) is 0 Å². The lowest BCUT2D eigenvalue weighted by Gasteiger charge is -2.14. The fourth-order valence-corrected chi connectivity index (χ4v) is 2.74. The summed E-state index contributed by atoms with van der Waals surface area (Å²) in [6.45, 7) is 0.546. The Labute approximate surface area is 128 Å². The number of methoxy groups -OCH3 is 1. The highest BCUT2D eigenvalue weighted by molar-refractivity contribution is 6.12. The molecule has 0 bridgehead atoms. The Kier molecular flexibility index (Phi) is 4.09. The van der Waals surface area contributed by atoms with Crippen LogP contribution in [0.5, 0.6) is 11.5 Å². The average molecular weight is 300 g/mol. The number of fused-ring (bicyclic) bond motifs is 1. The standard InChI is InChI=1S/C18H17FO3/c1-21-16-8-3-2-7-14(16)17(20)15-11-13(19)10-12-6-4-5-9-22-18(12)15/h2-3,7-8,10-11H,4-6,9H2,1H3. The minimum atomic E-state index is -0.414. The largest absolute Gasteiger partial charge is 0.496 e. The van der Waals surface area contributed by atoms with Gasteiger partial charge in [0.2, 0.25) is 5.78 Å². The summed E-state index contributed by atoms with van der Waals surface area (Å²) in [5, 5.41) is 0. The van der Waals surface area contributed by atoms with Gasteiger partial charge in [0, 0.05) is 0 Å². The topological polar surface area (TPSA) is 35.5 Å². The summed E-state index contributed by atoms with van der Waals surface area (Å²) in [7, 11) is 1.51. The minimum absolute atomic E-state index is 0.265.